The van der Waals surface area contributed by atoms with Crippen molar-refractivity contribution in [2.45, 2.75) is 13.8 Å². The number of hydrogen-bond donors (Lipinski definition) is 0. The third-order valence-electron chi connectivity index (χ3n) is 2.42. The van der Waals surface area contributed by atoms with E-state index >= 15 is 0 Å². The summed E-state index contributed by atoms with van der Waals surface area (Å²) >= 11 is 0. The van der Waals surface area contributed by atoms with Crippen LogP contribution in [0.5, 0.6) is 0 Å². The van der Waals surface area contributed by atoms with Gasteiger partial charge < -0.3 is 4.74 Å². The minimum absolute atomic E-state index is 0.385. The van der Waals surface area contributed by atoms with E-state index in [9.17, 15) is 8.42 Å². The summed E-state index contributed by atoms with van der Waals surface area (Å²) in [5.41, 5.74) is 0.846. The molecule has 0 aromatic rings. The Bertz CT molecular complexity index is 334. The molecule has 1 aliphatic rings. The van der Waals surface area contributed by atoms with Gasteiger partial charge in [0.1, 0.15) is 0 Å². The minimum Gasteiger partial charge on any atom is -0.379 e. The second-order valence-electron chi connectivity index (χ2n) is 3.90. The van der Waals surface area contributed by atoms with Crippen LogP contribution in [-0.4, -0.2) is 56.4 Å². The number of rotatable bonds is 5. The average Bonchev–Trinajstić information content (AvgIpc) is 2.26. The number of morpholine rings is 1. The maximum Gasteiger partial charge on any atom is 0.282 e. The van der Waals surface area contributed by atoms with E-state index < -0.39 is 10.2 Å². The summed E-state index contributed by atoms with van der Waals surface area (Å²) < 4.78 is 32.5. The first-order chi connectivity index (χ1) is 7.48. The van der Waals surface area contributed by atoms with Crippen molar-refractivity contribution in [1.29, 1.82) is 0 Å². The molecule has 0 saturated carbocycles. The van der Waals surface area contributed by atoms with Gasteiger partial charge in [-0.3, -0.25) is 0 Å². The Morgan fingerprint density at radius 1 is 1.44 bits per heavy atom. The Labute approximate surface area is 97.9 Å². The fourth-order valence-electron chi connectivity index (χ4n) is 1.60. The molecule has 0 N–H and O–H groups in total. The van der Waals surface area contributed by atoms with E-state index in [1.54, 1.807) is 0 Å². The molecule has 1 aliphatic heterocycles. The fraction of sp³-hybridized carbons (Fsp3) is 0.800. The van der Waals surface area contributed by atoms with Crippen molar-refractivity contribution < 1.29 is 13.2 Å². The zero-order valence-electron chi connectivity index (χ0n) is 9.98. The third kappa shape index (κ3) is 3.28. The molecule has 0 aromatic heterocycles. The van der Waals surface area contributed by atoms with Crippen LogP contribution in [0.1, 0.15) is 13.8 Å². The van der Waals surface area contributed by atoms with Crippen LogP contribution in [0.2, 0.25) is 0 Å². The van der Waals surface area contributed by atoms with Crippen LogP contribution >= 0.6 is 0 Å². The molecule has 0 aliphatic carbocycles. The Morgan fingerprint density at radius 3 is 2.44 bits per heavy atom. The number of nitrogens with zero attached hydrogens (tertiary/aromatic N) is 2. The molecule has 1 heterocycles. The molecule has 0 unspecified atom stereocenters. The van der Waals surface area contributed by atoms with Gasteiger partial charge in [0.2, 0.25) is 0 Å². The van der Waals surface area contributed by atoms with E-state index in [0.717, 1.165) is 5.57 Å². The van der Waals surface area contributed by atoms with Crippen LogP contribution < -0.4 is 0 Å². The summed E-state index contributed by atoms with van der Waals surface area (Å²) in [6.45, 7) is 10.1. The summed E-state index contributed by atoms with van der Waals surface area (Å²) in [5.74, 6) is 0. The standard InChI is InChI=1S/C10H20N2O3S/c1-4-11(9-10(2)3)16(13,14)12-5-7-15-8-6-12/h2,4-9H2,1,3H3. The van der Waals surface area contributed by atoms with Crippen LogP contribution in [0.3, 0.4) is 0 Å². The van der Waals surface area contributed by atoms with Gasteiger partial charge in [-0.1, -0.05) is 19.1 Å². The van der Waals surface area contributed by atoms with E-state index in [2.05, 4.69) is 6.58 Å². The zero-order valence-corrected chi connectivity index (χ0v) is 10.8. The van der Waals surface area contributed by atoms with Gasteiger partial charge >= 0.3 is 0 Å². The topological polar surface area (TPSA) is 49.9 Å². The van der Waals surface area contributed by atoms with Crippen LogP contribution in [0, 0.1) is 0 Å². The van der Waals surface area contributed by atoms with Gasteiger partial charge in [-0.15, -0.1) is 0 Å². The van der Waals surface area contributed by atoms with E-state index in [1.807, 2.05) is 13.8 Å². The average molecular weight is 248 g/mol. The first-order valence-corrected chi connectivity index (χ1v) is 6.85. The molecule has 1 fully saturated rings. The first kappa shape index (κ1) is 13.6. The van der Waals surface area contributed by atoms with Crippen molar-refractivity contribution in [3.8, 4) is 0 Å². The highest BCUT2D eigenvalue weighted by atomic mass is 32.2. The Morgan fingerprint density at radius 2 is 2.00 bits per heavy atom. The lowest BCUT2D eigenvalue weighted by Crippen LogP contribution is -2.48. The van der Waals surface area contributed by atoms with Crippen LogP contribution in [-0.2, 0) is 14.9 Å². The van der Waals surface area contributed by atoms with Crippen molar-refractivity contribution in [1.82, 2.24) is 8.61 Å². The van der Waals surface area contributed by atoms with E-state index in [1.165, 1.54) is 8.61 Å². The van der Waals surface area contributed by atoms with Crippen molar-refractivity contribution in [2.24, 2.45) is 0 Å². The monoisotopic (exact) mass is 248 g/mol. The summed E-state index contributed by atoms with van der Waals surface area (Å²) in [4.78, 5) is 0. The van der Waals surface area contributed by atoms with Gasteiger partial charge in [-0.05, 0) is 6.92 Å². The molecule has 1 saturated heterocycles. The third-order valence-corrected chi connectivity index (χ3v) is 4.48. The Hall–Kier alpha value is -0.430. The Kier molecular flexibility index (Phi) is 4.91. The summed E-state index contributed by atoms with van der Waals surface area (Å²) in [6, 6.07) is 0. The molecule has 0 atom stereocenters. The SMILES string of the molecule is C=C(C)CN(CC)S(=O)(=O)N1CCOCC1. The largest absolute Gasteiger partial charge is 0.379 e. The van der Waals surface area contributed by atoms with Gasteiger partial charge in [-0.25, -0.2) is 0 Å². The van der Waals surface area contributed by atoms with E-state index in [4.69, 9.17) is 4.74 Å². The summed E-state index contributed by atoms with van der Waals surface area (Å²) in [5, 5.41) is 0. The van der Waals surface area contributed by atoms with Crippen molar-refractivity contribution in [3.63, 3.8) is 0 Å². The van der Waals surface area contributed by atoms with Crippen molar-refractivity contribution in [3.05, 3.63) is 12.2 Å². The predicted molar refractivity (Wildman–Crippen MR) is 63.4 cm³/mol. The first-order valence-electron chi connectivity index (χ1n) is 5.45. The zero-order chi connectivity index (χ0) is 12.2. The maximum absolute atomic E-state index is 12.2. The number of hydrogen-bond acceptors (Lipinski definition) is 3. The van der Waals surface area contributed by atoms with Gasteiger partial charge in [0.15, 0.2) is 0 Å². The number of likely N-dealkylation sites (N-methyl/N-ethyl adjacent to an activating group) is 1. The summed E-state index contributed by atoms with van der Waals surface area (Å²) in [6.07, 6.45) is 0. The normalized spacial score (nSPS) is 18.9. The highest BCUT2D eigenvalue weighted by Gasteiger charge is 2.29. The van der Waals surface area contributed by atoms with E-state index in [-0.39, 0.29) is 0 Å². The van der Waals surface area contributed by atoms with Crippen LogP contribution in [0.4, 0.5) is 0 Å². The molecular weight excluding hydrogens is 228 g/mol. The molecule has 0 amide bonds. The predicted octanol–water partition coefficient (Wildman–Crippen LogP) is 0.461. The molecule has 0 bridgehead atoms. The quantitative estimate of drug-likeness (QED) is 0.664. The molecule has 16 heavy (non-hydrogen) atoms. The summed E-state index contributed by atoms with van der Waals surface area (Å²) in [7, 11) is -3.34. The lowest BCUT2D eigenvalue weighted by molar-refractivity contribution is 0.0704. The number of ether oxygens (including phenoxy) is 1. The van der Waals surface area contributed by atoms with Crippen molar-refractivity contribution in [2.75, 3.05) is 39.4 Å². The van der Waals surface area contributed by atoms with Crippen LogP contribution in [0.25, 0.3) is 0 Å². The van der Waals surface area contributed by atoms with Crippen molar-refractivity contribution >= 4 is 10.2 Å². The highest BCUT2D eigenvalue weighted by molar-refractivity contribution is 7.86. The lowest BCUT2D eigenvalue weighted by atomic mass is 10.3. The second kappa shape index (κ2) is 5.77. The van der Waals surface area contributed by atoms with Gasteiger partial charge in [0.05, 0.1) is 13.2 Å². The minimum atomic E-state index is -3.34. The highest BCUT2D eigenvalue weighted by Crippen LogP contribution is 2.12. The van der Waals surface area contributed by atoms with E-state index in [0.29, 0.717) is 39.4 Å². The molecular formula is C10H20N2O3S. The molecule has 5 nitrogen and oxygen atoms in total. The second-order valence-corrected chi connectivity index (χ2v) is 5.83. The molecule has 0 aromatic carbocycles. The molecule has 0 spiro atoms. The molecule has 1 rings (SSSR count). The molecule has 6 heteroatoms. The van der Waals surface area contributed by atoms with Gasteiger partial charge in [0.25, 0.3) is 10.2 Å². The van der Waals surface area contributed by atoms with Gasteiger partial charge in [-0.2, -0.15) is 17.0 Å². The van der Waals surface area contributed by atoms with Gasteiger partial charge in [0, 0.05) is 26.2 Å². The maximum atomic E-state index is 12.2. The smallest absolute Gasteiger partial charge is 0.282 e. The lowest BCUT2D eigenvalue weighted by Gasteiger charge is -2.31. The molecule has 0 radical (unpaired) electrons. The fourth-order valence-corrected chi connectivity index (χ4v) is 3.25. The van der Waals surface area contributed by atoms with Crippen LogP contribution in [0.15, 0.2) is 12.2 Å². The Balaban J connectivity index is 2.76. The molecule has 94 valence electrons.